The van der Waals surface area contributed by atoms with Crippen LogP contribution < -0.4 is 0 Å². The SMILES string of the molecule is CCCCc1ncc(CC(=O)Cc2ccc(-c3ccc(F)c(F)c3)cc2F)s1. The predicted molar refractivity (Wildman–Crippen MR) is 105 cm³/mol. The maximum absolute atomic E-state index is 14.4. The largest absolute Gasteiger partial charge is 0.299 e. The number of ketones is 1. The quantitative estimate of drug-likeness (QED) is 0.467. The molecule has 0 radical (unpaired) electrons. The van der Waals surface area contributed by atoms with Gasteiger partial charge in [-0.05, 0) is 47.7 Å². The second kappa shape index (κ2) is 9.15. The molecule has 0 N–H and O–H groups in total. The maximum Gasteiger partial charge on any atom is 0.159 e. The predicted octanol–water partition coefficient (Wildman–Crippen LogP) is 5.92. The van der Waals surface area contributed by atoms with E-state index in [1.165, 1.54) is 29.5 Å². The van der Waals surface area contributed by atoms with Gasteiger partial charge in [-0.2, -0.15) is 0 Å². The summed E-state index contributed by atoms with van der Waals surface area (Å²) in [7, 11) is 0. The second-order valence-corrected chi connectivity index (χ2v) is 7.85. The molecule has 0 aliphatic heterocycles. The molecule has 1 aromatic heterocycles. The summed E-state index contributed by atoms with van der Waals surface area (Å²) in [5.74, 6) is -2.57. The van der Waals surface area contributed by atoms with Crippen LogP contribution in [0.3, 0.4) is 0 Å². The maximum atomic E-state index is 14.4. The molecule has 0 saturated carbocycles. The summed E-state index contributed by atoms with van der Waals surface area (Å²) in [5, 5.41) is 1.02. The van der Waals surface area contributed by atoms with Gasteiger partial charge in [0.1, 0.15) is 11.6 Å². The first kappa shape index (κ1) is 20.3. The van der Waals surface area contributed by atoms with Crippen molar-refractivity contribution >= 4 is 17.1 Å². The van der Waals surface area contributed by atoms with Gasteiger partial charge in [-0.3, -0.25) is 4.79 Å². The molecule has 3 aromatic rings. The number of carbonyl (C=O) groups excluding carboxylic acids is 1. The number of thiazole rings is 1. The molecule has 0 amide bonds. The van der Waals surface area contributed by atoms with Crippen molar-refractivity contribution in [2.24, 2.45) is 0 Å². The zero-order chi connectivity index (χ0) is 20.1. The lowest BCUT2D eigenvalue weighted by atomic mass is 10.00. The number of nitrogens with zero attached hydrogens (tertiary/aromatic N) is 1. The van der Waals surface area contributed by atoms with E-state index in [0.29, 0.717) is 11.1 Å². The van der Waals surface area contributed by atoms with E-state index in [9.17, 15) is 18.0 Å². The Morgan fingerprint density at radius 2 is 1.68 bits per heavy atom. The number of halogens is 3. The molecule has 146 valence electrons. The topological polar surface area (TPSA) is 30.0 Å². The van der Waals surface area contributed by atoms with E-state index in [4.69, 9.17) is 0 Å². The highest BCUT2D eigenvalue weighted by Gasteiger charge is 2.13. The number of aryl methyl sites for hydroxylation is 1. The minimum absolute atomic E-state index is 0.0217. The molecule has 2 nitrogen and oxygen atoms in total. The third kappa shape index (κ3) is 5.07. The summed E-state index contributed by atoms with van der Waals surface area (Å²) in [6, 6.07) is 7.78. The van der Waals surface area contributed by atoms with Crippen LogP contribution in [0.25, 0.3) is 11.1 Å². The summed E-state index contributed by atoms with van der Waals surface area (Å²) >= 11 is 1.53. The summed E-state index contributed by atoms with van der Waals surface area (Å²) in [6.45, 7) is 2.12. The van der Waals surface area contributed by atoms with E-state index in [0.717, 1.165) is 41.3 Å². The van der Waals surface area contributed by atoms with Crippen LogP contribution in [0.5, 0.6) is 0 Å². The minimum atomic E-state index is -0.986. The fourth-order valence-electron chi connectivity index (χ4n) is 2.89. The van der Waals surface area contributed by atoms with Crippen molar-refractivity contribution in [2.75, 3.05) is 0 Å². The molecule has 0 aliphatic rings. The molecule has 3 rings (SSSR count). The summed E-state index contributed by atoms with van der Waals surface area (Å²) < 4.78 is 40.9. The molecule has 2 aromatic carbocycles. The average molecular weight is 403 g/mol. The zero-order valence-electron chi connectivity index (χ0n) is 15.5. The Hall–Kier alpha value is -2.47. The number of rotatable bonds is 8. The fourth-order valence-corrected chi connectivity index (χ4v) is 3.88. The van der Waals surface area contributed by atoms with Gasteiger partial charge in [0.05, 0.1) is 5.01 Å². The van der Waals surface area contributed by atoms with Gasteiger partial charge >= 0.3 is 0 Å². The summed E-state index contributed by atoms with van der Waals surface area (Å²) in [6.07, 6.45) is 5.00. The number of benzene rings is 2. The number of aromatic nitrogens is 1. The van der Waals surface area contributed by atoms with Crippen LogP contribution >= 0.6 is 11.3 Å². The van der Waals surface area contributed by atoms with Gasteiger partial charge in [-0.15, -0.1) is 11.3 Å². The standard InChI is InChI=1S/C22H20F3NOS/c1-2-3-4-22-26-13-18(28-22)12-17(27)9-16-6-5-14(10-20(16)24)15-7-8-19(23)21(25)11-15/h5-8,10-11,13H,2-4,9,12H2,1H3. The van der Waals surface area contributed by atoms with E-state index in [1.807, 2.05) is 0 Å². The van der Waals surface area contributed by atoms with Crippen LogP contribution in [-0.4, -0.2) is 10.8 Å². The molecule has 0 aliphatic carbocycles. The normalized spacial score (nSPS) is 11.0. The lowest BCUT2D eigenvalue weighted by Crippen LogP contribution is -2.07. The van der Waals surface area contributed by atoms with Crippen molar-refractivity contribution in [1.29, 1.82) is 0 Å². The molecule has 28 heavy (non-hydrogen) atoms. The first-order valence-corrected chi connectivity index (χ1v) is 9.97. The molecule has 0 fully saturated rings. The molecule has 0 bridgehead atoms. The van der Waals surface area contributed by atoms with Gasteiger partial charge in [0.15, 0.2) is 11.6 Å². The average Bonchev–Trinajstić information content (AvgIpc) is 3.11. The lowest BCUT2D eigenvalue weighted by molar-refractivity contribution is -0.117. The molecule has 0 atom stereocenters. The molecule has 1 heterocycles. The highest BCUT2D eigenvalue weighted by molar-refractivity contribution is 7.11. The molecular weight excluding hydrogens is 383 g/mol. The number of Topliss-reactive ketones (excluding diaryl/α,β-unsaturated/α-hetero) is 1. The molecule has 0 spiro atoms. The van der Waals surface area contributed by atoms with Gasteiger partial charge in [0.25, 0.3) is 0 Å². The highest BCUT2D eigenvalue weighted by Crippen LogP contribution is 2.24. The summed E-state index contributed by atoms with van der Waals surface area (Å²) in [5.41, 5.74) is 1.09. The first-order chi connectivity index (χ1) is 13.5. The number of hydrogen-bond donors (Lipinski definition) is 0. The van der Waals surface area contributed by atoms with Crippen molar-refractivity contribution < 1.29 is 18.0 Å². The summed E-state index contributed by atoms with van der Waals surface area (Å²) in [4.78, 5) is 17.5. The Kier molecular flexibility index (Phi) is 6.62. The van der Waals surface area contributed by atoms with Crippen LogP contribution in [0.2, 0.25) is 0 Å². The van der Waals surface area contributed by atoms with Crippen LogP contribution in [-0.2, 0) is 24.1 Å². The van der Waals surface area contributed by atoms with E-state index in [1.54, 1.807) is 12.3 Å². The number of unbranched alkanes of at least 4 members (excludes halogenated alkanes) is 1. The van der Waals surface area contributed by atoms with E-state index in [-0.39, 0.29) is 24.2 Å². The Bertz CT molecular complexity index is 984. The van der Waals surface area contributed by atoms with Crippen molar-refractivity contribution in [3.63, 3.8) is 0 Å². The van der Waals surface area contributed by atoms with Crippen molar-refractivity contribution in [1.82, 2.24) is 4.98 Å². The monoisotopic (exact) mass is 403 g/mol. The molecule has 0 saturated heterocycles. The van der Waals surface area contributed by atoms with Gasteiger partial charge in [0, 0.05) is 23.9 Å². The Balaban J connectivity index is 1.66. The van der Waals surface area contributed by atoms with Crippen LogP contribution in [0, 0.1) is 17.5 Å². The van der Waals surface area contributed by atoms with E-state index in [2.05, 4.69) is 11.9 Å². The van der Waals surface area contributed by atoms with Gasteiger partial charge in [0.2, 0.25) is 0 Å². The molecule has 6 heteroatoms. The van der Waals surface area contributed by atoms with Gasteiger partial charge < -0.3 is 0 Å². The van der Waals surface area contributed by atoms with Gasteiger partial charge in [-0.1, -0.05) is 31.5 Å². The number of carbonyl (C=O) groups is 1. The van der Waals surface area contributed by atoms with Crippen LogP contribution in [0.1, 0.15) is 35.2 Å². The van der Waals surface area contributed by atoms with Gasteiger partial charge in [-0.25, -0.2) is 18.2 Å². The van der Waals surface area contributed by atoms with Crippen LogP contribution in [0.4, 0.5) is 13.2 Å². The van der Waals surface area contributed by atoms with E-state index < -0.39 is 17.5 Å². The van der Waals surface area contributed by atoms with Crippen molar-refractivity contribution in [3.05, 3.63) is 75.5 Å². The Labute approximate surface area is 166 Å². The zero-order valence-corrected chi connectivity index (χ0v) is 16.3. The molecular formula is C22H20F3NOS. The third-order valence-corrected chi connectivity index (χ3v) is 5.47. The Morgan fingerprint density at radius 3 is 2.36 bits per heavy atom. The van der Waals surface area contributed by atoms with Crippen molar-refractivity contribution in [2.45, 2.75) is 39.0 Å². The fraction of sp³-hybridized carbons (Fsp3) is 0.273. The lowest BCUT2D eigenvalue weighted by Gasteiger charge is -2.07. The van der Waals surface area contributed by atoms with Crippen molar-refractivity contribution in [3.8, 4) is 11.1 Å². The smallest absolute Gasteiger partial charge is 0.159 e. The molecule has 0 unspecified atom stereocenters. The Morgan fingerprint density at radius 1 is 0.964 bits per heavy atom. The van der Waals surface area contributed by atoms with Crippen LogP contribution in [0.15, 0.2) is 42.6 Å². The van der Waals surface area contributed by atoms with E-state index >= 15 is 0 Å². The minimum Gasteiger partial charge on any atom is -0.299 e. The second-order valence-electron chi connectivity index (χ2n) is 6.65. The first-order valence-electron chi connectivity index (χ1n) is 9.15. The number of hydrogen-bond acceptors (Lipinski definition) is 3. The highest BCUT2D eigenvalue weighted by atomic mass is 32.1. The third-order valence-electron chi connectivity index (χ3n) is 4.41.